The van der Waals surface area contributed by atoms with Crippen molar-refractivity contribution in [1.29, 1.82) is 0 Å². The SMILES string of the molecule is CCCCCCCCCC/C=C/CC/C=C/CC/C=C/C(O)C(COP(=O)(O)OCC[N+](C)(C)C)NC(=O)CCCCCCCCCCCCCCCCCCCCCCCCCCCCCCCC. The lowest BCUT2D eigenvalue weighted by molar-refractivity contribution is -0.870. The quantitative estimate of drug-likeness (QED) is 0.0243. The summed E-state index contributed by atoms with van der Waals surface area (Å²) >= 11 is 0. The molecular formula is C61H120N2O6P+. The Kier molecular flexibility index (Phi) is 51.6. The van der Waals surface area contributed by atoms with Crippen molar-refractivity contribution < 1.29 is 32.9 Å². The van der Waals surface area contributed by atoms with Gasteiger partial charge in [-0.2, -0.15) is 0 Å². The normalized spacial score (nSPS) is 14.1. The van der Waals surface area contributed by atoms with Crippen LogP contribution in [0.5, 0.6) is 0 Å². The van der Waals surface area contributed by atoms with Gasteiger partial charge in [-0.1, -0.05) is 281 Å². The van der Waals surface area contributed by atoms with Gasteiger partial charge in [-0.15, -0.1) is 0 Å². The van der Waals surface area contributed by atoms with Gasteiger partial charge >= 0.3 is 7.82 Å². The minimum Gasteiger partial charge on any atom is -0.387 e. The number of carbonyl (C=O) groups is 1. The lowest BCUT2D eigenvalue weighted by Crippen LogP contribution is -2.45. The van der Waals surface area contributed by atoms with Gasteiger partial charge in [0.1, 0.15) is 13.2 Å². The van der Waals surface area contributed by atoms with Crippen molar-refractivity contribution in [3.63, 3.8) is 0 Å². The van der Waals surface area contributed by atoms with Gasteiger partial charge in [0.05, 0.1) is 39.9 Å². The topological polar surface area (TPSA) is 105 Å². The number of hydrogen-bond acceptors (Lipinski definition) is 5. The molecule has 0 aromatic heterocycles. The summed E-state index contributed by atoms with van der Waals surface area (Å²) < 4.78 is 23.7. The second-order valence-electron chi connectivity index (χ2n) is 22.1. The zero-order valence-electron chi connectivity index (χ0n) is 47.3. The zero-order chi connectivity index (χ0) is 51.3. The molecule has 9 heteroatoms. The standard InChI is InChI=1S/C61H119N2O6P/c1-6-8-10-12-14-16-18-20-22-24-26-27-28-29-30-31-32-33-34-35-36-37-39-41-43-45-47-49-51-53-55-61(65)62-59(58-69-70(66,67)68-57-56-63(3,4)5)60(64)54-52-50-48-46-44-42-40-38-25-23-21-19-17-15-13-11-9-7-2/h25,38,44,46,52,54,59-60,64H,6-24,26-37,39-43,45,47-51,53,55-58H2,1-5H3,(H-,62,65,66,67)/p+1/b38-25+,46-44+,54-52+. The molecule has 0 aromatic rings. The van der Waals surface area contributed by atoms with E-state index in [0.717, 1.165) is 44.9 Å². The lowest BCUT2D eigenvalue weighted by Gasteiger charge is -2.25. The van der Waals surface area contributed by atoms with Gasteiger partial charge in [0, 0.05) is 6.42 Å². The van der Waals surface area contributed by atoms with E-state index in [-0.39, 0.29) is 19.1 Å². The average Bonchev–Trinajstić information content (AvgIpc) is 3.32. The molecular weight excluding hydrogens is 888 g/mol. The molecule has 3 N–H and O–H groups in total. The summed E-state index contributed by atoms with van der Waals surface area (Å²) in [7, 11) is 1.56. The predicted molar refractivity (Wildman–Crippen MR) is 304 cm³/mol. The monoisotopic (exact) mass is 1010 g/mol. The Hall–Kier alpha value is -1.28. The van der Waals surface area contributed by atoms with E-state index < -0.39 is 20.0 Å². The van der Waals surface area contributed by atoms with Crippen molar-refractivity contribution in [3.05, 3.63) is 36.5 Å². The van der Waals surface area contributed by atoms with Gasteiger partial charge in [0.2, 0.25) is 5.91 Å². The Morgan fingerprint density at radius 1 is 0.471 bits per heavy atom. The van der Waals surface area contributed by atoms with Crippen LogP contribution in [0.3, 0.4) is 0 Å². The van der Waals surface area contributed by atoms with E-state index >= 15 is 0 Å². The van der Waals surface area contributed by atoms with Gasteiger partial charge in [-0.3, -0.25) is 13.8 Å². The van der Waals surface area contributed by atoms with Crippen molar-refractivity contribution in [3.8, 4) is 0 Å². The van der Waals surface area contributed by atoms with E-state index in [2.05, 4.69) is 43.5 Å². The fraction of sp³-hybridized carbons (Fsp3) is 0.885. The van der Waals surface area contributed by atoms with Crippen LogP contribution in [0.25, 0.3) is 0 Å². The summed E-state index contributed by atoms with van der Waals surface area (Å²) in [5.41, 5.74) is 0. The highest BCUT2D eigenvalue weighted by molar-refractivity contribution is 7.47. The average molecular weight is 1010 g/mol. The number of phosphoric ester groups is 1. The van der Waals surface area contributed by atoms with E-state index in [1.54, 1.807) is 6.08 Å². The summed E-state index contributed by atoms with van der Waals surface area (Å²) in [6, 6.07) is -0.868. The maximum Gasteiger partial charge on any atom is 0.472 e. The summed E-state index contributed by atoms with van der Waals surface area (Å²) in [5, 5.41) is 13.9. The van der Waals surface area contributed by atoms with Gasteiger partial charge in [0.25, 0.3) is 0 Å². The molecule has 0 rings (SSSR count). The predicted octanol–water partition coefficient (Wildman–Crippen LogP) is 18.5. The van der Waals surface area contributed by atoms with Crippen LogP contribution in [-0.2, 0) is 18.4 Å². The van der Waals surface area contributed by atoms with Crippen LogP contribution in [0.15, 0.2) is 36.5 Å². The number of nitrogens with one attached hydrogen (secondary N) is 1. The van der Waals surface area contributed by atoms with Gasteiger partial charge < -0.3 is 19.8 Å². The molecule has 1 amide bonds. The Balaban J connectivity index is 4.11. The van der Waals surface area contributed by atoms with Gasteiger partial charge in [-0.05, 0) is 44.9 Å². The van der Waals surface area contributed by atoms with Crippen LogP contribution in [0.4, 0.5) is 0 Å². The molecule has 0 spiro atoms. The molecule has 414 valence electrons. The fourth-order valence-electron chi connectivity index (χ4n) is 9.08. The van der Waals surface area contributed by atoms with E-state index in [9.17, 15) is 19.4 Å². The van der Waals surface area contributed by atoms with Crippen LogP contribution < -0.4 is 5.32 Å². The van der Waals surface area contributed by atoms with E-state index in [1.165, 1.54) is 231 Å². The number of hydrogen-bond donors (Lipinski definition) is 3. The molecule has 0 radical (unpaired) electrons. The molecule has 0 saturated carbocycles. The highest BCUT2D eigenvalue weighted by atomic mass is 31.2. The summed E-state index contributed by atoms with van der Waals surface area (Å²) in [6.07, 6.45) is 68.4. The van der Waals surface area contributed by atoms with E-state index in [0.29, 0.717) is 17.4 Å². The first-order chi connectivity index (χ1) is 34.0. The van der Waals surface area contributed by atoms with Crippen molar-refractivity contribution in [1.82, 2.24) is 5.32 Å². The van der Waals surface area contributed by atoms with Crippen molar-refractivity contribution in [2.75, 3.05) is 40.9 Å². The second kappa shape index (κ2) is 52.6. The maximum atomic E-state index is 13.0. The van der Waals surface area contributed by atoms with Crippen molar-refractivity contribution in [2.24, 2.45) is 0 Å². The molecule has 0 aliphatic rings. The number of carbonyl (C=O) groups excluding carboxylic acids is 1. The molecule has 0 saturated heterocycles. The third kappa shape index (κ3) is 54.5. The first kappa shape index (κ1) is 68.7. The highest BCUT2D eigenvalue weighted by Gasteiger charge is 2.27. The summed E-state index contributed by atoms with van der Waals surface area (Å²) in [4.78, 5) is 23.3. The molecule has 8 nitrogen and oxygen atoms in total. The first-order valence-corrected chi connectivity index (χ1v) is 31.9. The van der Waals surface area contributed by atoms with Crippen LogP contribution in [0.2, 0.25) is 0 Å². The van der Waals surface area contributed by atoms with Crippen LogP contribution in [0, 0.1) is 0 Å². The molecule has 0 bridgehead atoms. The van der Waals surface area contributed by atoms with E-state index in [4.69, 9.17) is 9.05 Å². The summed E-state index contributed by atoms with van der Waals surface area (Å²) in [5.74, 6) is -0.185. The number of nitrogens with zero attached hydrogens (tertiary/aromatic N) is 1. The van der Waals surface area contributed by atoms with Crippen molar-refractivity contribution in [2.45, 2.75) is 309 Å². The number of likely N-dealkylation sites (N-methyl/N-ethyl adjacent to an activating group) is 1. The van der Waals surface area contributed by atoms with Crippen LogP contribution >= 0.6 is 7.82 Å². The number of amides is 1. The molecule has 3 unspecified atom stereocenters. The Labute approximate surface area is 436 Å². The molecule has 70 heavy (non-hydrogen) atoms. The lowest BCUT2D eigenvalue weighted by atomic mass is 10.0. The smallest absolute Gasteiger partial charge is 0.387 e. The molecule has 0 heterocycles. The second-order valence-corrected chi connectivity index (χ2v) is 23.5. The third-order valence-electron chi connectivity index (χ3n) is 13.8. The highest BCUT2D eigenvalue weighted by Crippen LogP contribution is 2.43. The van der Waals surface area contributed by atoms with Gasteiger partial charge in [0.15, 0.2) is 0 Å². The number of phosphoric acid groups is 1. The van der Waals surface area contributed by atoms with Crippen molar-refractivity contribution >= 4 is 13.7 Å². The molecule has 0 aromatic carbocycles. The Bertz CT molecular complexity index is 1230. The maximum absolute atomic E-state index is 13.0. The molecule has 3 atom stereocenters. The third-order valence-corrected chi connectivity index (χ3v) is 14.8. The van der Waals surface area contributed by atoms with Crippen LogP contribution in [-0.4, -0.2) is 73.4 Å². The Morgan fingerprint density at radius 3 is 1.14 bits per heavy atom. The number of aliphatic hydroxyl groups excluding tert-OH is 1. The largest absolute Gasteiger partial charge is 0.472 e. The minimum atomic E-state index is -4.36. The molecule has 0 aliphatic heterocycles. The van der Waals surface area contributed by atoms with Crippen LogP contribution in [0.1, 0.15) is 296 Å². The van der Waals surface area contributed by atoms with Gasteiger partial charge in [-0.25, -0.2) is 4.57 Å². The fourth-order valence-corrected chi connectivity index (χ4v) is 9.81. The number of allylic oxidation sites excluding steroid dienone is 5. The Morgan fingerprint density at radius 2 is 0.786 bits per heavy atom. The molecule has 0 fully saturated rings. The number of aliphatic hydroxyl groups is 1. The number of quaternary nitrogens is 1. The number of unbranched alkanes of at least 4 members (excludes halogenated alkanes) is 39. The zero-order valence-corrected chi connectivity index (χ0v) is 48.2. The molecule has 0 aliphatic carbocycles. The first-order valence-electron chi connectivity index (χ1n) is 30.4. The van der Waals surface area contributed by atoms with E-state index in [1.807, 2.05) is 27.2 Å². The summed E-state index contributed by atoms with van der Waals surface area (Å²) in [6.45, 7) is 4.82. The minimum absolute atomic E-state index is 0.0551. The number of rotatable bonds is 56.